The van der Waals surface area contributed by atoms with Crippen LogP contribution in [-0.2, 0) is 4.74 Å². The van der Waals surface area contributed by atoms with E-state index in [1.807, 2.05) is 26.0 Å². The van der Waals surface area contributed by atoms with Crippen molar-refractivity contribution in [3.05, 3.63) is 28.8 Å². The monoisotopic (exact) mass is 303 g/mol. The zero-order valence-corrected chi connectivity index (χ0v) is 13.3. The van der Waals surface area contributed by atoms with Crippen LogP contribution in [0.1, 0.15) is 40.7 Å². The van der Waals surface area contributed by atoms with Crippen molar-refractivity contribution in [1.82, 2.24) is 4.90 Å². The van der Waals surface area contributed by atoms with Crippen LogP contribution in [0.4, 0.5) is 4.79 Å². The molecule has 118 valence electrons. The summed E-state index contributed by atoms with van der Waals surface area (Å²) >= 11 is 0. The van der Waals surface area contributed by atoms with Gasteiger partial charge in [-0.15, -0.1) is 0 Å². The molecule has 5 heteroatoms. The van der Waals surface area contributed by atoms with Crippen LogP contribution in [0.25, 0.3) is 0 Å². The summed E-state index contributed by atoms with van der Waals surface area (Å²) in [6.45, 7) is 5.06. The van der Waals surface area contributed by atoms with Gasteiger partial charge in [0.05, 0.1) is 19.1 Å². The molecule has 2 aliphatic rings. The van der Waals surface area contributed by atoms with Gasteiger partial charge in [-0.1, -0.05) is 6.07 Å². The van der Waals surface area contributed by atoms with E-state index in [1.54, 1.807) is 4.90 Å². The van der Waals surface area contributed by atoms with Crippen LogP contribution in [0, 0.1) is 13.8 Å². The van der Waals surface area contributed by atoms with E-state index in [-0.39, 0.29) is 11.9 Å². The number of carbonyl (C=O) groups excluding carboxylic acids is 2. The van der Waals surface area contributed by atoms with Crippen molar-refractivity contribution < 1.29 is 19.1 Å². The smallest absolute Gasteiger partial charge is 0.409 e. The molecule has 1 aromatic carbocycles. The van der Waals surface area contributed by atoms with Gasteiger partial charge in [-0.05, 0) is 31.0 Å². The topological polar surface area (TPSA) is 55.8 Å². The number of ketones is 1. The molecular weight excluding hydrogens is 282 g/mol. The van der Waals surface area contributed by atoms with Crippen molar-refractivity contribution in [3.63, 3.8) is 0 Å². The third kappa shape index (κ3) is 2.45. The minimum atomic E-state index is -0.477. The van der Waals surface area contributed by atoms with Gasteiger partial charge in [0.2, 0.25) is 0 Å². The molecular formula is C17H21NO4. The first-order chi connectivity index (χ1) is 10.4. The fraction of sp³-hybridized carbons (Fsp3) is 0.529. The zero-order valence-electron chi connectivity index (χ0n) is 13.3. The highest BCUT2D eigenvalue weighted by atomic mass is 16.5. The van der Waals surface area contributed by atoms with E-state index in [0.29, 0.717) is 43.7 Å². The van der Waals surface area contributed by atoms with Crippen molar-refractivity contribution in [3.8, 4) is 5.75 Å². The van der Waals surface area contributed by atoms with Gasteiger partial charge in [0.1, 0.15) is 11.4 Å². The molecule has 2 aliphatic heterocycles. The number of aryl methyl sites for hydroxylation is 2. The average Bonchev–Trinajstić information content (AvgIpc) is 2.45. The molecule has 1 fully saturated rings. The number of methoxy groups -OCH3 is 1. The first-order valence-electron chi connectivity index (χ1n) is 7.60. The van der Waals surface area contributed by atoms with Gasteiger partial charge in [-0.3, -0.25) is 4.79 Å². The van der Waals surface area contributed by atoms with Crippen molar-refractivity contribution in [1.29, 1.82) is 0 Å². The van der Waals surface area contributed by atoms with Crippen LogP contribution < -0.4 is 4.74 Å². The normalized spacial score (nSPS) is 19.6. The summed E-state index contributed by atoms with van der Waals surface area (Å²) in [4.78, 5) is 25.8. The lowest BCUT2D eigenvalue weighted by atomic mass is 9.81. The molecule has 0 N–H and O–H groups in total. The minimum Gasteiger partial charge on any atom is -0.486 e. The third-order valence-corrected chi connectivity index (χ3v) is 4.64. The van der Waals surface area contributed by atoms with E-state index in [9.17, 15) is 9.59 Å². The number of benzene rings is 1. The number of piperidine rings is 1. The standard InChI is InChI=1S/C17H21NO4/c1-11-8-12(2)15-13(19)10-17(22-14(15)9-11)4-6-18(7-5-17)16(20)21-3/h8-9H,4-7,10H2,1-3H3. The number of Topliss-reactive ketones (excluding diaryl/α,β-unsaturated/α-hetero) is 1. The van der Waals surface area contributed by atoms with Crippen molar-refractivity contribution in [2.75, 3.05) is 20.2 Å². The summed E-state index contributed by atoms with van der Waals surface area (Å²) in [7, 11) is 1.38. The first-order valence-corrected chi connectivity index (χ1v) is 7.60. The second kappa shape index (κ2) is 5.30. The summed E-state index contributed by atoms with van der Waals surface area (Å²) in [6, 6.07) is 3.95. The predicted octanol–water partition coefficient (Wildman–Crippen LogP) is 2.87. The lowest BCUT2D eigenvalue weighted by Crippen LogP contribution is -2.52. The highest BCUT2D eigenvalue weighted by molar-refractivity contribution is 6.01. The molecule has 0 aromatic heterocycles. The molecule has 0 saturated carbocycles. The summed E-state index contributed by atoms with van der Waals surface area (Å²) < 4.78 is 11.0. The number of carbonyl (C=O) groups is 2. The number of hydrogen-bond donors (Lipinski definition) is 0. The van der Waals surface area contributed by atoms with Crippen LogP contribution in [0.3, 0.4) is 0 Å². The molecule has 22 heavy (non-hydrogen) atoms. The Hall–Kier alpha value is -2.04. The van der Waals surface area contributed by atoms with E-state index in [1.165, 1.54) is 7.11 Å². The van der Waals surface area contributed by atoms with E-state index < -0.39 is 5.60 Å². The number of hydrogen-bond acceptors (Lipinski definition) is 4. The third-order valence-electron chi connectivity index (χ3n) is 4.64. The maximum Gasteiger partial charge on any atom is 0.409 e. The Labute approximate surface area is 130 Å². The Balaban J connectivity index is 1.84. The maximum absolute atomic E-state index is 12.6. The fourth-order valence-corrected chi connectivity index (χ4v) is 3.52. The van der Waals surface area contributed by atoms with E-state index in [0.717, 1.165) is 11.1 Å². The largest absolute Gasteiger partial charge is 0.486 e. The van der Waals surface area contributed by atoms with Gasteiger partial charge in [0.15, 0.2) is 5.78 Å². The second-order valence-corrected chi connectivity index (χ2v) is 6.30. The van der Waals surface area contributed by atoms with E-state index >= 15 is 0 Å². The lowest BCUT2D eigenvalue weighted by molar-refractivity contribution is -0.00717. The van der Waals surface area contributed by atoms with Gasteiger partial charge < -0.3 is 14.4 Å². The minimum absolute atomic E-state index is 0.144. The summed E-state index contributed by atoms with van der Waals surface area (Å²) in [5, 5.41) is 0. The zero-order chi connectivity index (χ0) is 15.9. The molecule has 1 saturated heterocycles. The van der Waals surface area contributed by atoms with Crippen LogP contribution >= 0.6 is 0 Å². The molecule has 0 atom stereocenters. The van der Waals surface area contributed by atoms with Crippen molar-refractivity contribution in [2.24, 2.45) is 0 Å². The molecule has 0 unspecified atom stereocenters. The number of fused-ring (bicyclic) bond motifs is 1. The number of amides is 1. The van der Waals surface area contributed by atoms with Crippen LogP contribution in [0.2, 0.25) is 0 Å². The highest BCUT2D eigenvalue weighted by Crippen LogP contribution is 2.41. The van der Waals surface area contributed by atoms with Crippen molar-refractivity contribution in [2.45, 2.75) is 38.7 Å². The van der Waals surface area contributed by atoms with Gasteiger partial charge in [-0.2, -0.15) is 0 Å². The first kappa shape index (κ1) is 14.9. The molecule has 0 bridgehead atoms. The predicted molar refractivity (Wildman–Crippen MR) is 81.4 cm³/mol. The SMILES string of the molecule is COC(=O)N1CCC2(CC1)CC(=O)c1c(C)cc(C)cc1O2. The van der Waals surface area contributed by atoms with E-state index in [2.05, 4.69) is 0 Å². The van der Waals surface area contributed by atoms with Crippen LogP contribution in [-0.4, -0.2) is 42.6 Å². The number of rotatable bonds is 0. The molecule has 5 nitrogen and oxygen atoms in total. The van der Waals surface area contributed by atoms with Gasteiger partial charge in [-0.25, -0.2) is 4.79 Å². The van der Waals surface area contributed by atoms with E-state index in [4.69, 9.17) is 9.47 Å². The summed E-state index contributed by atoms with van der Waals surface area (Å²) in [5.41, 5.74) is 2.30. The molecule has 1 amide bonds. The van der Waals surface area contributed by atoms with Crippen LogP contribution in [0.15, 0.2) is 12.1 Å². The van der Waals surface area contributed by atoms with Gasteiger partial charge >= 0.3 is 6.09 Å². The molecule has 1 spiro atoms. The summed E-state index contributed by atoms with van der Waals surface area (Å²) in [5.74, 6) is 0.838. The highest BCUT2D eigenvalue weighted by Gasteiger charge is 2.44. The molecule has 2 heterocycles. The number of nitrogens with zero attached hydrogens (tertiary/aromatic N) is 1. The maximum atomic E-state index is 12.6. The molecule has 0 aliphatic carbocycles. The van der Waals surface area contributed by atoms with Gasteiger partial charge in [0.25, 0.3) is 0 Å². The average molecular weight is 303 g/mol. The quantitative estimate of drug-likeness (QED) is 0.739. The molecule has 0 radical (unpaired) electrons. The number of likely N-dealkylation sites (tertiary alicyclic amines) is 1. The Morgan fingerprint density at radius 1 is 1.27 bits per heavy atom. The second-order valence-electron chi connectivity index (χ2n) is 6.30. The lowest BCUT2D eigenvalue weighted by Gasteiger charge is -2.43. The summed E-state index contributed by atoms with van der Waals surface area (Å²) in [6.07, 6.45) is 1.38. The Kier molecular flexibility index (Phi) is 3.59. The Morgan fingerprint density at radius 2 is 1.95 bits per heavy atom. The fourth-order valence-electron chi connectivity index (χ4n) is 3.52. The van der Waals surface area contributed by atoms with Crippen molar-refractivity contribution >= 4 is 11.9 Å². The molecule has 1 aromatic rings. The molecule has 3 rings (SSSR count). The number of ether oxygens (including phenoxy) is 2. The Bertz CT molecular complexity index is 630. The Morgan fingerprint density at radius 3 is 2.59 bits per heavy atom. The van der Waals surface area contributed by atoms with Gasteiger partial charge in [0, 0.05) is 25.9 Å². The van der Waals surface area contributed by atoms with Crippen LogP contribution in [0.5, 0.6) is 5.75 Å².